The molecule has 0 bridgehead atoms. The van der Waals surface area contributed by atoms with E-state index in [0.717, 1.165) is 42.6 Å². The largest absolute Gasteiger partial charge is 0.497 e. The van der Waals surface area contributed by atoms with E-state index in [0.29, 0.717) is 18.0 Å². The highest BCUT2D eigenvalue weighted by molar-refractivity contribution is 6.31. The second-order valence-corrected chi connectivity index (χ2v) is 6.66. The number of carbonyl (C=O) groups excluding carboxylic acids is 1. The van der Waals surface area contributed by atoms with Crippen LogP contribution in [0.4, 0.5) is 0 Å². The van der Waals surface area contributed by atoms with Crippen molar-refractivity contribution < 1.29 is 9.53 Å². The van der Waals surface area contributed by atoms with Gasteiger partial charge >= 0.3 is 0 Å². The molecule has 0 aliphatic carbocycles. The predicted octanol–water partition coefficient (Wildman–Crippen LogP) is 4.46. The van der Waals surface area contributed by atoms with Crippen LogP contribution >= 0.6 is 11.6 Å². The van der Waals surface area contributed by atoms with Crippen LogP contribution in [0.25, 0.3) is 0 Å². The topological polar surface area (TPSA) is 64.3 Å². The quantitative estimate of drug-likeness (QED) is 0.603. The SMILES string of the molecule is COc1cccc(C(NC(=O)CCCCCCN)c2ccccc2Cl)c1. The molecule has 0 saturated heterocycles. The maximum atomic E-state index is 12.5. The van der Waals surface area contributed by atoms with E-state index < -0.39 is 0 Å². The van der Waals surface area contributed by atoms with Crippen LogP contribution in [0, 0.1) is 0 Å². The maximum absolute atomic E-state index is 12.5. The van der Waals surface area contributed by atoms with Crippen molar-refractivity contribution >= 4 is 17.5 Å². The maximum Gasteiger partial charge on any atom is 0.220 e. The number of nitrogens with one attached hydrogen (secondary N) is 1. The molecule has 0 aliphatic rings. The number of ether oxygens (including phenoxy) is 1. The van der Waals surface area contributed by atoms with Crippen molar-refractivity contribution in [3.63, 3.8) is 0 Å². The Kier molecular flexibility index (Phi) is 8.45. The van der Waals surface area contributed by atoms with E-state index in [4.69, 9.17) is 22.1 Å². The van der Waals surface area contributed by atoms with Crippen LogP contribution in [0.15, 0.2) is 48.5 Å². The second kappa shape index (κ2) is 10.8. The van der Waals surface area contributed by atoms with Gasteiger partial charge in [-0.2, -0.15) is 0 Å². The van der Waals surface area contributed by atoms with E-state index in [-0.39, 0.29) is 11.9 Å². The molecule has 26 heavy (non-hydrogen) atoms. The highest BCUT2D eigenvalue weighted by Crippen LogP contribution is 2.30. The summed E-state index contributed by atoms with van der Waals surface area (Å²) in [5.74, 6) is 0.765. The first-order chi connectivity index (χ1) is 12.7. The number of benzene rings is 2. The summed E-state index contributed by atoms with van der Waals surface area (Å²) in [6.07, 6.45) is 4.44. The van der Waals surface area contributed by atoms with Gasteiger partial charge in [0, 0.05) is 11.4 Å². The van der Waals surface area contributed by atoms with Crippen molar-refractivity contribution in [3.8, 4) is 5.75 Å². The number of rotatable bonds is 10. The summed E-state index contributed by atoms with van der Waals surface area (Å²) in [7, 11) is 1.63. The van der Waals surface area contributed by atoms with Crippen LogP contribution in [0.3, 0.4) is 0 Å². The van der Waals surface area contributed by atoms with E-state index in [2.05, 4.69) is 5.32 Å². The molecule has 2 aromatic carbocycles. The van der Waals surface area contributed by atoms with E-state index in [1.807, 2.05) is 48.5 Å². The standard InChI is InChI=1S/C21H27ClN2O2/c1-26-17-10-8-9-16(15-17)21(18-11-5-6-12-19(18)22)24-20(25)13-4-2-3-7-14-23/h5-6,8-12,15,21H,2-4,7,13-14,23H2,1H3,(H,24,25). The van der Waals surface area contributed by atoms with Crippen LogP contribution < -0.4 is 15.8 Å². The van der Waals surface area contributed by atoms with Gasteiger partial charge < -0.3 is 15.8 Å². The molecule has 140 valence electrons. The summed E-state index contributed by atoms with van der Waals surface area (Å²) in [4.78, 5) is 12.5. The highest BCUT2D eigenvalue weighted by Gasteiger charge is 2.19. The van der Waals surface area contributed by atoms with E-state index in [1.54, 1.807) is 7.11 Å². The van der Waals surface area contributed by atoms with Gasteiger partial charge in [-0.3, -0.25) is 4.79 Å². The predicted molar refractivity (Wildman–Crippen MR) is 107 cm³/mol. The molecule has 1 unspecified atom stereocenters. The molecule has 0 saturated carbocycles. The van der Waals surface area contributed by atoms with E-state index >= 15 is 0 Å². The Morgan fingerprint density at radius 3 is 2.62 bits per heavy atom. The Morgan fingerprint density at radius 1 is 1.12 bits per heavy atom. The van der Waals surface area contributed by atoms with Gasteiger partial charge in [-0.25, -0.2) is 0 Å². The monoisotopic (exact) mass is 374 g/mol. The third kappa shape index (κ3) is 6.04. The molecular weight excluding hydrogens is 348 g/mol. The Hall–Kier alpha value is -2.04. The summed E-state index contributed by atoms with van der Waals surface area (Å²) in [6, 6.07) is 15.0. The number of halogens is 1. The molecule has 2 aromatic rings. The molecule has 1 atom stereocenters. The number of carbonyl (C=O) groups is 1. The second-order valence-electron chi connectivity index (χ2n) is 6.25. The Balaban J connectivity index is 2.13. The van der Waals surface area contributed by atoms with Crippen LogP contribution in [-0.2, 0) is 4.79 Å². The van der Waals surface area contributed by atoms with Gasteiger partial charge in [-0.15, -0.1) is 0 Å². The molecule has 0 aromatic heterocycles. The average molecular weight is 375 g/mol. The minimum atomic E-state index is -0.310. The third-order valence-corrected chi connectivity index (χ3v) is 4.65. The van der Waals surface area contributed by atoms with Crippen molar-refractivity contribution in [3.05, 3.63) is 64.7 Å². The third-order valence-electron chi connectivity index (χ3n) is 4.31. The fourth-order valence-corrected chi connectivity index (χ4v) is 3.13. The fraction of sp³-hybridized carbons (Fsp3) is 0.381. The Morgan fingerprint density at radius 2 is 1.88 bits per heavy atom. The first kappa shape index (κ1) is 20.3. The number of nitrogens with two attached hydrogens (primary N) is 1. The van der Waals surface area contributed by atoms with Gasteiger partial charge in [0.05, 0.1) is 13.2 Å². The average Bonchev–Trinajstić information content (AvgIpc) is 2.66. The van der Waals surface area contributed by atoms with Gasteiger partial charge in [-0.05, 0) is 48.7 Å². The van der Waals surface area contributed by atoms with Crippen LogP contribution in [0.5, 0.6) is 5.75 Å². The summed E-state index contributed by atoms with van der Waals surface area (Å²) >= 11 is 6.39. The normalized spacial score (nSPS) is 11.8. The zero-order chi connectivity index (χ0) is 18.8. The van der Waals surface area contributed by atoms with Gasteiger partial charge in [0.25, 0.3) is 0 Å². The number of hydrogen-bond donors (Lipinski definition) is 2. The molecular formula is C21H27ClN2O2. The number of unbranched alkanes of at least 4 members (excludes halogenated alkanes) is 3. The molecule has 0 aliphatic heterocycles. The lowest BCUT2D eigenvalue weighted by Gasteiger charge is -2.21. The lowest BCUT2D eigenvalue weighted by molar-refractivity contribution is -0.121. The molecule has 0 heterocycles. The Bertz CT molecular complexity index is 706. The summed E-state index contributed by atoms with van der Waals surface area (Å²) in [6.45, 7) is 0.705. The fourth-order valence-electron chi connectivity index (χ4n) is 2.89. The zero-order valence-corrected chi connectivity index (χ0v) is 16.0. The van der Waals surface area contributed by atoms with Crippen molar-refractivity contribution in [1.82, 2.24) is 5.32 Å². The summed E-state index contributed by atoms with van der Waals surface area (Å²) in [5, 5.41) is 3.76. The molecule has 2 rings (SSSR count). The minimum Gasteiger partial charge on any atom is -0.497 e. The van der Waals surface area contributed by atoms with Crippen molar-refractivity contribution in [2.45, 2.75) is 38.1 Å². The van der Waals surface area contributed by atoms with Crippen LogP contribution in [-0.4, -0.2) is 19.6 Å². The first-order valence-electron chi connectivity index (χ1n) is 9.03. The van der Waals surface area contributed by atoms with E-state index in [1.165, 1.54) is 0 Å². The van der Waals surface area contributed by atoms with Crippen LogP contribution in [0.2, 0.25) is 5.02 Å². The molecule has 0 radical (unpaired) electrons. The summed E-state index contributed by atoms with van der Waals surface area (Å²) in [5.41, 5.74) is 7.31. The lowest BCUT2D eigenvalue weighted by atomic mass is 9.98. The minimum absolute atomic E-state index is 0.0190. The van der Waals surface area contributed by atoms with E-state index in [9.17, 15) is 4.79 Å². The highest BCUT2D eigenvalue weighted by atomic mass is 35.5. The van der Waals surface area contributed by atoms with Gasteiger partial charge in [0.15, 0.2) is 0 Å². The first-order valence-corrected chi connectivity index (χ1v) is 9.41. The Labute approximate surface area is 160 Å². The van der Waals surface area contributed by atoms with Gasteiger partial charge in [-0.1, -0.05) is 54.8 Å². The molecule has 5 heteroatoms. The van der Waals surface area contributed by atoms with Crippen molar-refractivity contribution in [2.75, 3.05) is 13.7 Å². The molecule has 1 amide bonds. The van der Waals surface area contributed by atoms with Crippen LogP contribution in [0.1, 0.15) is 49.3 Å². The van der Waals surface area contributed by atoms with Crippen molar-refractivity contribution in [2.24, 2.45) is 5.73 Å². The smallest absolute Gasteiger partial charge is 0.220 e. The molecule has 0 fully saturated rings. The van der Waals surface area contributed by atoms with Gasteiger partial charge in [0.2, 0.25) is 5.91 Å². The summed E-state index contributed by atoms with van der Waals surface area (Å²) < 4.78 is 5.32. The molecule has 3 N–H and O–H groups in total. The lowest BCUT2D eigenvalue weighted by Crippen LogP contribution is -2.29. The molecule has 4 nitrogen and oxygen atoms in total. The number of methoxy groups -OCH3 is 1. The van der Waals surface area contributed by atoms with Crippen molar-refractivity contribution in [1.29, 1.82) is 0 Å². The zero-order valence-electron chi connectivity index (χ0n) is 15.2. The number of hydrogen-bond acceptors (Lipinski definition) is 3. The number of amides is 1. The van der Waals surface area contributed by atoms with Gasteiger partial charge in [0.1, 0.15) is 5.75 Å². The molecule has 0 spiro atoms.